The third-order valence-electron chi connectivity index (χ3n) is 4.47. The molecule has 2 aromatic carbocycles. The van der Waals surface area contributed by atoms with Crippen LogP contribution in [-0.2, 0) is 4.79 Å². The molecule has 1 amide bonds. The van der Waals surface area contributed by atoms with E-state index in [4.69, 9.17) is 0 Å². The summed E-state index contributed by atoms with van der Waals surface area (Å²) < 4.78 is 0. The molecule has 0 spiro atoms. The number of amides is 1. The largest absolute Gasteiger partial charge is 0.325 e. The van der Waals surface area contributed by atoms with Crippen molar-refractivity contribution in [2.45, 2.75) is 20.3 Å². The van der Waals surface area contributed by atoms with Gasteiger partial charge in [-0.3, -0.25) is 9.69 Å². The van der Waals surface area contributed by atoms with Gasteiger partial charge in [-0.05, 0) is 48.6 Å². The normalized spacial score (nSPS) is 15.0. The fourth-order valence-electron chi connectivity index (χ4n) is 3.03. The summed E-state index contributed by atoms with van der Waals surface area (Å²) in [6.45, 7) is 6.23. The van der Waals surface area contributed by atoms with E-state index in [9.17, 15) is 4.79 Å². The number of hydrogen-bond donors (Lipinski definition) is 1. The van der Waals surface area contributed by atoms with Gasteiger partial charge in [-0.25, -0.2) is 0 Å². The zero-order valence-electron chi connectivity index (χ0n) is 14.4. The summed E-state index contributed by atoms with van der Waals surface area (Å²) in [7, 11) is 0. The fraction of sp³-hybridized carbons (Fsp3) is 0.286. The lowest BCUT2D eigenvalue weighted by Crippen LogP contribution is -2.36. The molecule has 0 fully saturated rings. The third kappa shape index (κ3) is 4.12. The van der Waals surface area contributed by atoms with E-state index in [0.717, 1.165) is 36.3 Å². The Bertz CT molecular complexity index is 750. The highest BCUT2D eigenvalue weighted by molar-refractivity contribution is 5.93. The molecule has 0 unspecified atom stereocenters. The summed E-state index contributed by atoms with van der Waals surface area (Å²) in [5, 5.41) is 3.04. The third-order valence-corrected chi connectivity index (χ3v) is 4.47. The Morgan fingerprint density at radius 1 is 1.12 bits per heavy atom. The number of rotatable bonds is 4. The van der Waals surface area contributed by atoms with E-state index in [2.05, 4.69) is 46.6 Å². The van der Waals surface area contributed by atoms with E-state index in [1.165, 1.54) is 11.1 Å². The zero-order valence-corrected chi connectivity index (χ0v) is 14.4. The SMILES string of the molecule is Cc1ccc(C)c(NC(=O)CN2CC=C(c3ccccc3)CC2)c1. The fourth-order valence-corrected chi connectivity index (χ4v) is 3.03. The van der Waals surface area contributed by atoms with Crippen LogP contribution in [0.3, 0.4) is 0 Å². The lowest BCUT2D eigenvalue weighted by atomic mass is 10.00. The molecule has 1 N–H and O–H groups in total. The minimum Gasteiger partial charge on any atom is -0.325 e. The van der Waals surface area contributed by atoms with E-state index >= 15 is 0 Å². The van der Waals surface area contributed by atoms with E-state index in [1.807, 2.05) is 32.0 Å². The Hall–Kier alpha value is -2.39. The number of nitrogens with zero attached hydrogens (tertiary/aromatic N) is 1. The first-order valence-corrected chi connectivity index (χ1v) is 8.46. The number of anilines is 1. The zero-order chi connectivity index (χ0) is 16.9. The molecule has 24 heavy (non-hydrogen) atoms. The van der Waals surface area contributed by atoms with Crippen molar-refractivity contribution in [1.82, 2.24) is 4.90 Å². The highest BCUT2D eigenvalue weighted by Gasteiger charge is 2.16. The predicted molar refractivity (Wildman–Crippen MR) is 100 cm³/mol. The Kier molecular flexibility index (Phi) is 5.11. The summed E-state index contributed by atoms with van der Waals surface area (Å²) in [5.74, 6) is 0.0558. The number of hydrogen-bond acceptors (Lipinski definition) is 2. The van der Waals surface area contributed by atoms with Gasteiger partial charge in [0, 0.05) is 18.8 Å². The molecule has 1 heterocycles. The molecule has 2 aromatic rings. The van der Waals surface area contributed by atoms with Crippen molar-refractivity contribution in [3.05, 3.63) is 71.3 Å². The Morgan fingerprint density at radius 3 is 2.62 bits per heavy atom. The van der Waals surface area contributed by atoms with Crippen LogP contribution in [0.5, 0.6) is 0 Å². The summed E-state index contributed by atoms with van der Waals surface area (Å²) in [6.07, 6.45) is 3.23. The van der Waals surface area contributed by atoms with Crippen LogP contribution in [0, 0.1) is 13.8 Å². The number of benzene rings is 2. The molecule has 0 radical (unpaired) electrons. The van der Waals surface area contributed by atoms with Crippen LogP contribution in [0.4, 0.5) is 5.69 Å². The molecular weight excluding hydrogens is 296 g/mol. The van der Waals surface area contributed by atoms with Crippen molar-refractivity contribution in [3.63, 3.8) is 0 Å². The average molecular weight is 320 g/mol. The standard InChI is InChI=1S/C21H24N2O/c1-16-8-9-17(2)20(14-16)22-21(24)15-23-12-10-19(11-13-23)18-6-4-3-5-7-18/h3-10,14H,11-13,15H2,1-2H3,(H,22,24). The second kappa shape index (κ2) is 7.45. The van der Waals surface area contributed by atoms with Crippen LogP contribution in [0.15, 0.2) is 54.6 Å². The highest BCUT2D eigenvalue weighted by atomic mass is 16.2. The molecule has 0 saturated heterocycles. The molecule has 0 aromatic heterocycles. The van der Waals surface area contributed by atoms with Gasteiger partial charge in [0.25, 0.3) is 0 Å². The van der Waals surface area contributed by atoms with Crippen molar-refractivity contribution >= 4 is 17.2 Å². The van der Waals surface area contributed by atoms with Gasteiger partial charge in [0.05, 0.1) is 6.54 Å². The maximum Gasteiger partial charge on any atom is 0.238 e. The average Bonchev–Trinajstić information content (AvgIpc) is 2.59. The predicted octanol–water partition coefficient (Wildman–Crippen LogP) is 4.03. The first kappa shape index (κ1) is 16.5. The molecule has 3 rings (SSSR count). The molecule has 3 heteroatoms. The van der Waals surface area contributed by atoms with Crippen LogP contribution in [-0.4, -0.2) is 30.4 Å². The van der Waals surface area contributed by atoms with Crippen LogP contribution in [0.25, 0.3) is 5.57 Å². The topological polar surface area (TPSA) is 32.3 Å². The number of aryl methyl sites for hydroxylation is 2. The van der Waals surface area contributed by atoms with E-state index < -0.39 is 0 Å². The molecule has 0 atom stereocenters. The second-order valence-electron chi connectivity index (χ2n) is 6.45. The monoisotopic (exact) mass is 320 g/mol. The minimum atomic E-state index is 0.0558. The Balaban J connectivity index is 1.57. The summed E-state index contributed by atoms with van der Waals surface area (Å²) in [6, 6.07) is 16.6. The van der Waals surface area contributed by atoms with E-state index in [-0.39, 0.29) is 5.91 Å². The molecule has 0 bridgehead atoms. The smallest absolute Gasteiger partial charge is 0.238 e. The van der Waals surface area contributed by atoms with Gasteiger partial charge in [-0.1, -0.05) is 48.5 Å². The van der Waals surface area contributed by atoms with Crippen molar-refractivity contribution in [2.75, 3.05) is 25.0 Å². The molecule has 3 nitrogen and oxygen atoms in total. The lowest BCUT2D eigenvalue weighted by molar-refractivity contribution is -0.117. The summed E-state index contributed by atoms with van der Waals surface area (Å²) in [5.41, 5.74) is 5.83. The molecule has 0 saturated carbocycles. The molecule has 0 aliphatic carbocycles. The minimum absolute atomic E-state index is 0.0558. The van der Waals surface area contributed by atoms with Gasteiger partial charge >= 0.3 is 0 Å². The number of carbonyl (C=O) groups is 1. The molecule has 124 valence electrons. The maximum atomic E-state index is 12.3. The van der Waals surface area contributed by atoms with Crippen LogP contribution < -0.4 is 5.32 Å². The Labute approximate surface area is 144 Å². The highest BCUT2D eigenvalue weighted by Crippen LogP contribution is 2.22. The quantitative estimate of drug-likeness (QED) is 0.922. The first-order chi connectivity index (χ1) is 11.6. The van der Waals surface area contributed by atoms with Crippen LogP contribution in [0.2, 0.25) is 0 Å². The van der Waals surface area contributed by atoms with Crippen LogP contribution in [0.1, 0.15) is 23.1 Å². The molecule has 1 aliphatic rings. The second-order valence-corrected chi connectivity index (χ2v) is 6.45. The maximum absolute atomic E-state index is 12.3. The van der Waals surface area contributed by atoms with E-state index in [1.54, 1.807) is 0 Å². The number of nitrogens with one attached hydrogen (secondary N) is 1. The van der Waals surface area contributed by atoms with Crippen molar-refractivity contribution in [2.24, 2.45) is 0 Å². The molecular formula is C21H24N2O. The number of carbonyl (C=O) groups excluding carboxylic acids is 1. The van der Waals surface area contributed by atoms with Crippen molar-refractivity contribution in [1.29, 1.82) is 0 Å². The van der Waals surface area contributed by atoms with Gasteiger partial charge in [-0.2, -0.15) is 0 Å². The van der Waals surface area contributed by atoms with Gasteiger partial charge in [0.1, 0.15) is 0 Å². The van der Waals surface area contributed by atoms with Gasteiger partial charge in [0.2, 0.25) is 5.91 Å². The first-order valence-electron chi connectivity index (χ1n) is 8.46. The van der Waals surface area contributed by atoms with Crippen LogP contribution >= 0.6 is 0 Å². The van der Waals surface area contributed by atoms with Crippen molar-refractivity contribution in [3.8, 4) is 0 Å². The summed E-state index contributed by atoms with van der Waals surface area (Å²) >= 11 is 0. The summed E-state index contributed by atoms with van der Waals surface area (Å²) in [4.78, 5) is 14.5. The van der Waals surface area contributed by atoms with Gasteiger partial charge in [0.15, 0.2) is 0 Å². The lowest BCUT2D eigenvalue weighted by Gasteiger charge is -2.26. The Morgan fingerprint density at radius 2 is 1.92 bits per heavy atom. The van der Waals surface area contributed by atoms with Crippen molar-refractivity contribution < 1.29 is 4.79 Å². The van der Waals surface area contributed by atoms with Gasteiger partial charge < -0.3 is 5.32 Å². The van der Waals surface area contributed by atoms with E-state index in [0.29, 0.717) is 6.54 Å². The molecule has 1 aliphatic heterocycles. The van der Waals surface area contributed by atoms with Gasteiger partial charge in [-0.15, -0.1) is 0 Å².